The van der Waals surface area contributed by atoms with Crippen molar-refractivity contribution in [3.63, 3.8) is 0 Å². The first-order valence-electron chi connectivity index (χ1n) is 5.16. The summed E-state index contributed by atoms with van der Waals surface area (Å²) >= 11 is 0. The Bertz CT molecular complexity index is 588. The van der Waals surface area contributed by atoms with Gasteiger partial charge in [-0.15, -0.1) is 5.10 Å². The highest BCUT2D eigenvalue weighted by molar-refractivity contribution is 6.02. The van der Waals surface area contributed by atoms with Gasteiger partial charge in [-0.1, -0.05) is 0 Å². The maximum absolute atomic E-state index is 11.7. The van der Waals surface area contributed by atoms with Crippen molar-refractivity contribution in [2.24, 2.45) is 0 Å². The van der Waals surface area contributed by atoms with Gasteiger partial charge in [0, 0.05) is 11.3 Å². The number of rotatable bonds is 3. The van der Waals surface area contributed by atoms with E-state index in [0.29, 0.717) is 11.3 Å². The number of anilines is 2. The number of ketones is 1. The van der Waals surface area contributed by atoms with E-state index >= 15 is 0 Å². The van der Waals surface area contributed by atoms with Crippen LogP contribution >= 0.6 is 0 Å². The standard InChI is InChI=1S/C11H11N5O2/c1-6(17)7-2-4-8(5-3-7)13-10(18)9-14-11(12)16-15-9/h2-5H,1H3,(H,13,18)(H3,12,14,15,16). The van der Waals surface area contributed by atoms with Gasteiger partial charge in [0.15, 0.2) is 5.78 Å². The van der Waals surface area contributed by atoms with Crippen LogP contribution in [0.15, 0.2) is 24.3 Å². The zero-order chi connectivity index (χ0) is 13.1. The molecule has 0 saturated heterocycles. The zero-order valence-corrected chi connectivity index (χ0v) is 9.60. The number of amides is 1. The molecule has 2 rings (SSSR count). The first-order chi connectivity index (χ1) is 8.56. The van der Waals surface area contributed by atoms with E-state index in [0.717, 1.165) is 0 Å². The molecule has 0 unspecified atom stereocenters. The molecule has 1 aromatic heterocycles. The van der Waals surface area contributed by atoms with Gasteiger partial charge in [-0.2, -0.15) is 4.98 Å². The summed E-state index contributed by atoms with van der Waals surface area (Å²) in [6.45, 7) is 1.48. The summed E-state index contributed by atoms with van der Waals surface area (Å²) in [4.78, 5) is 26.5. The van der Waals surface area contributed by atoms with Crippen LogP contribution in [0.2, 0.25) is 0 Å². The van der Waals surface area contributed by atoms with Crippen molar-refractivity contribution >= 4 is 23.3 Å². The van der Waals surface area contributed by atoms with Crippen LogP contribution in [-0.4, -0.2) is 26.9 Å². The molecule has 4 N–H and O–H groups in total. The minimum atomic E-state index is -0.449. The molecule has 0 spiro atoms. The van der Waals surface area contributed by atoms with Crippen LogP contribution in [0.4, 0.5) is 11.6 Å². The molecule has 1 heterocycles. The van der Waals surface area contributed by atoms with Gasteiger partial charge < -0.3 is 11.1 Å². The number of carbonyl (C=O) groups excluding carboxylic acids is 2. The Morgan fingerprint density at radius 1 is 1.28 bits per heavy atom. The van der Waals surface area contributed by atoms with Gasteiger partial charge in [0.05, 0.1) is 0 Å². The first kappa shape index (κ1) is 11.8. The van der Waals surface area contributed by atoms with Crippen LogP contribution in [0.5, 0.6) is 0 Å². The minimum absolute atomic E-state index is 0.00655. The number of hydrogen-bond donors (Lipinski definition) is 3. The number of nitrogens with two attached hydrogens (primary N) is 1. The largest absolute Gasteiger partial charge is 0.366 e. The first-order valence-corrected chi connectivity index (χ1v) is 5.16. The predicted molar refractivity (Wildman–Crippen MR) is 65.2 cm³/mol. The number of benzene rings is 1. The van der Waals surface area contributed by atoms with Gasteiger partial charge >= 0.3 is 0 Å². The molecule has 7 heteroatoms. The minimum Gasteiger partial charge on any atom is -0.366 e. The van der Waals surface area contributed by atoms with E-state index in [1.54, 1.807) is 24.3 Å². The molecule has 18 heavy (non-hydrogen) atoms. The number of nitrogens with zero attached hydrogens (tertiary/aromatic N) is 2. The zero-order valence-electron chi connectivity index (χ0n) is 9.60. The molecule has 92 valence electrons. The average Bonchev–Trinajstić information content (AvgIpc) is 2.76. The summed E-state index contributed by atoms with van der Waals surface area (Å²) in [5, 5.41) is 8.55. The molecule has 2 aromatic rings. The molecule has 1 amide bonds. The maximum Gasteiger partial charge on any atom is 0.293 e. The van der Waals surface area contributed by atoms with Crippen molar-refractivity contribution < 1.29 is 9.59 Å². The number of carbonyl (C=O) groups is 2. The molecular formula is C11H11N5O2. The molecule has 7 nitrogen and oxygen atoms in total. The molecule has 0 bridgehead atoms. The van der Waals surface area contributed by atoms with E-state index in [1.807, 2.05) is 0 Å². The fourth-order valence-corrected chi connectivity index (χ4v) is 1.35. The van der Waals surface area contributed by atoms with E-state index in [2.05, 4.69) is 20.5 Å². The highest BCUT2D eigenvalue weighted by Crippen LogP contribution is 2.10. The number of Topliss-reactive ketones (excluding diaryl/α,β-unsaturated/α-hetero) is 1. The molecule has 0 aliphatic carbocycles. The van der Waals surface area contributed by atoms with Crippen molar-refractivity contribution in [3.05, 3.63) is 35.7 Å². The van der Waals surface area contributed by atoms with E-state index < -0.39 is 5.91 Å². The van der Waals surface area contributed by atoms with Crippen LogP contribution < -0.4 is 11.1 Å². The SMILES string of the molecule is CC(=O)c1ccc(NC(=O)c2nc(N)n[nH]2)cc1. The van der Waals surface area contributed by atoms with Crippen LogP contribution in [0.3, 0.4) is 0 Å². The maximum atomic E-state index is 11.7. The van der Waals surface area contributed by atoms with Crippen molar-refractivity contribution in [2.75, 3.05) is 11.1 Å². The van der Waals surface area contributed by atoms with Gasteiger partial charge in [0.1, 0.15) is 0 Å². The highest BCUT2D eigenvalue weighted by atomic mass is 16.2. The Kier molecular flexibility index (Phi) is 3.05. The van der Waals surface area contributed by atoms with Crippen molar-refractivity contribution in [1.29, 1.82) is 0 Å². The lowest BCUT2D eigenvalue weighted by molar-refractivity contribution is 0.101. The smallest absolute Gasteiger partial charge is 0.293 e. The fourth-order valence-electron chi connectivity index (χ4n) is 1.35. The Labute approximate surface area is 102 Å². The quantitative estimate of drug-likeness (QED) is 0.693. The molecule has 0 radical (unpaired) electrons. The van der Waals surface area contributed by atoms with Crippen LogP contribution in [0, 0.1) is 0 Å². The Morgan fingerprint density at radius 3 is 2.44 bits per heavy atom. The van der Waals surface area contributed by atoms with Gasteiger partial charge in [0.25, 0.3) is 5.91 Å². The normalized spacial score (nSPS) is 10.1. The second-order valence-corrected chi connectivity index (χ2v) is 3.63. The number of nitrogen functional groups attached to an aromatic ring is 1. The van der Waals surface area contributed by atoms with Crippen LogP contribution in [0.25, 0.3) is 0 Å². The van der Waals surface area contributed by atoms with Gasteiger partial charge in [-0.25, -0.2) is 0 Å². The topological polar surface area (TPSA) is 114 Å². The lowest BCUT2D eigenvalue weighted by Crippen LogP contribution is -2.13. The summed E-state index contributed by atoms with van der Waals surface area (Å²) in [5.74, 6) is -0.444. The van der Waals surface area contributed by atoms with Crippen LogP contribution in [-0.2, 0) is 0 Å². The molecular weight excluding hydrogens is 234 g/mol. The Hall–Kier alpha value is -2.70. The predicted octanol–water partition coefficient (Wildman–Crippen LogP) is 0.842. The molecule has 0 fully saturated rings. The second-order valence-electron chi connectivity index (χ2n) is 3.63. The van der Waals surface area contributed by atoms with E-state index in [-0.39, 0.29) is 17.6 Å². The van der Waals surface area contributed by atoms with Crippen molar-refractivity contribution in [3.8, 4) is 0 Å². The third-order valence-corrected chi connectivity index (χ3v) is 2.27. The summed E-state index contributed by atoms with van der Waals surface area (Å²) in [6.07, 6.45) is 0. The summed E-state index contributed by atoms with van der Waals surface area (Å²) < 4.78 is 0. The van der Waals surface area contributed by atoms with Gasteiger partial charge in [0.2, 0.25) is 11.8 Å². The molecule has 1 aromatic carbocycles. The Morgan fingerprint density at radius 2 is 1.94 bits per heavy atom. The third-order valence-electron chi connectivity index (χ3n) is 2.27. The molecule has 0 aliphatic heterocycles. The fraction of sp³-hybridized carbons (Fsp3) is 0.0909. The monoisotopic (exact) mass is 245 g/mol. The van der Waals surface area contributed by atoms with Gasteiger partial charge in [-0.05, 0) is 31.2 Å². The number of H-pyrrole nitrogens is 1. The van der Waals surface area contributed by atoms with Crippen molar-refractivity contribution in [2.45, 2.75) is 6.92 Å². The number of aromatic nitrogens is 3. The Balaban J connectivity index is 2.10. The van der Waals surface area contributed by atoms with Crippen LogP contribution in [0.1, 0.15) is 27.9 Å². The summed E-state index contributed by atoms with van der Waals surface area (Å²) in [5.41, 5.74) is 6.43. The summed E-state index contributed by atoms with van der Waals surface area (Å²) in [6, 6.07) is 6.53. The average molecular weight is 245 g/mol. The van der Waals surface area contributed by atoms with E-state index in [9.17, 15) is 9.59 Å². The van der Waals surface area contributed by atoms with E-state index in [1.165, 1.54) is 6.92 Å². The third kappa shape index (κ3) is 2.51. The molecule has 0 aliphatic rings. The van der Waals surface area contributed by atoms with Crippen molar-refractivity contribution in [1.82, 2.24) is 15.2 Å². The van der Waals surface area contributed by atoms with E-state index in [4.69, 9.17) is 5.73 Å². The van der Waals surface area contributed by atoms with Gasteiger partial charge in [-0.3, -0.25) is 14.7 Å². The second kappa shape index (κ2) is 4.66. The lowest BCUT2D eigenvalue weighted by Gasteiger charge is -2.03. The number of hydrogen-bond acceptors (Lipinski definition) is 5. The number of nitrogens with one attached hydrogen (secondary N) is 2. The molecule has 0 atom stereocenters. The highest BCUT2D eigenvalue weighted by Gasteiger charge is 2.10. The summed E-state index contributed by atoms with van der Waals surface area (Å²) in [7, 11) is 0. The molecule has 0 saturated carbocycles. The number of aromatic amines is 1. The lowest BCUT2D eigenvalue weighted by atomic mass is 10.1.